The lowest BCUT2D eigenvalue weighted by Crippen LogP contribution is -2.33. The lowest BCUT2D eigenvalue weighted by molar-refractivity contribution is -0.0402. The highest BCUT2D eigenvalue weighted by Crippen LogP contribution is 2.69. The molecule has 2 heterocycles. The summed E-state index contributed by atoms with van der Waals surface area (Å²) in [6, 6.07) is 0. The van der Waals surface area contributed by atoms with Crippen molar-refractivity contribution in [3.8, 4) is 0 Å². The first-order valence-electron chi connectivity index (χ1n) is 7.52. The van der Waals surface area contributed by atoms with Gasteiger partial charge in [0.1, 0.15) is 12.3 Å². The molecule has 1 aromatic rings. The van der Waals surface area contributed by atoms with Crippen LogP contribution in [0, 0.1) is 6.92 Å². The summed E-state index contributed by atoms with van der Waals surface area (Å²) in [5.74, 6) is 0. The van der Waals surface area contributed by atoms with Gasteiger partial charge in [-0.1, -0.05) is 12.2 Å². The van der Waals surface area contributed by atoms with Gasteiger partial charge in [0, 0.05) is 18.2 Å². The van der Waals surface area contributed by atoms with Crippen LogP contribution in [0.15, 0.2) is 15.8 Å². The van der Waals surface area contributed by atoms with E-state index in [4.69, 9.17) is 30.9 Å². The van der Waals surface area contributed by atoms with Crippen molar-refractivity contribution in [2.24, 2.45) is 0 Å². The van der Waals surface area contributed by atoms with Gasteiger partial charge in [0.15, 0.2) is 0 Å². The van der Waals surface area contributed by atoms with Crippen LogP contribution in [0.25, 0.3) is 0 Å². The van der Waals surface area contributed by atoms with E-state index in [0.717, 1.165) is 4.57 Å². The zero-order chi connectivity index (χ0) is 22.2. The van der Waals surface area contributed by atoms with Crippen LogP contribution in [0.5, 0.6) is 0 Å². The molecular formula is C10H17N2O12P3S2. The van der Waals surface area contributed by atoms with Gasteiger partial charge in [-0.25, -0.2) is 18.2 Å². The van der Waals surface area contributed by atoms with E-state index >= 15 is 0 Å². The van der Waals surface area contributed by atoms with E-state index in [1.165, 1.54) is 13.1 Å². The van der Waals surface area contributed by atoms with Crippen LogP contribution in [0.4, 0.5) is 0 Å². The Balaban J connectivity index is 2.03. The molecular weight excluding hydrogens is 497 g/mol. The van der Waals surface area contributed by atoms with Crippen molar-refractivity contribution in [3.05, 3.63) is 32.6 Å². The third-order valence-corrected chi connectivity index (χ3v) is 9.20. The average Bonchev–Trinajstić information content (AvgIpc) is 2.86. The summed E-state index contributed by atoms with van der Waals surface area (Å²) >= 11 is 8.51. The van der Waals surface area contributed by atoms with Crippen LogP contribution in [-0.4, -0.2) is 48.2 Å². The Morgan fingerprint density at radius 1 is 1.34 bits per heavy atom. The van der Waals surface area contributed by atoms with Crippen molar-refractivity contribution in [2.45, 2.75) is 31.8 Å². The highest BCUT2D eigenvalue weighted by Gasteiger charge is 2.40. The van der Waals surface area contributed by atoms with E-state index in [0.29, 0.717) is 0 Å². The second-order valence-electron chi connectivity index (χ2n) is 5.80. The number of ether oxygens (including phenoxy) is 1. The maximum Gasteiger partial charge on any atom is 0.487 e. The standard InChI is InChI=1S/C10H17N2O12P3S2/c1-5-3-12(10(15)11-9(5)14)8-2-6(13)7(22-8)4-21-27(28,29)24-26(19,20)23-25(16,17)18/h3,6-8,13H,2,4H2,1H3,(H,19,20)(H,28,29)(H,11,14,15)(H2,16,17,18)/t6?,7?,8-/m1/s1. The second-order valence-corrected chi connectivity index (χ2v) is 14.1. The maximum atomic E-state index is 11.9. The number of hydrogen-bond donors (Lipinski definition) is 6. The van der Waals surface area contributed by atoms with E-state index in [1.54, 1.807) is 0 Å². The molecule has 5 N–H and O–H groups in total. The van der Waals surface area contributed by atoms with E-state index < -0.39 is 57.6 Å². The van der Waals surface area contributed by atoms with Crippen molar-refractivity contribution < 1.29 is 46.8 Å². The summed E-state index contributed by atoms with van der Waals surface area (Å²) in [5, 5.41) is 10.1. The smallest absolute Gasteiger partial charge is 0.390 e. The van der Waals surface area contributed by atoms with E-state index in [1.807, 2.05) is 0 Å². The van der Waals surface area contributed by atoms with Gasteiger partial charge in [-0.05, 0) is 18.7 Å². The molecule has 14 nitrogen and oxygen atoms in total. The molecule has 1 aliphatic heterocycles. The molecule has 2 rings (SSSR count). The molecule has 0 aromatic carbocycles. The van der Waals surface area contributed by atoms with E-state index in [9.17, 15) is 28.7 Å². The number of thiol groups is 1. The van der Waals surface area contributed by atoms with Gasteiger partial charge in [-0.15, -0.1) is 0 Å². The summed E-state index contributed by atoms with van der Waals surface area (Å²) in [5.41, 5.74) is -4.93. The number of aromatic amines is 1. The molecule has 4 unspecified atom stereocenters. The Bertz CT molecular complexity index is 1020. The molecule has 0 bridgehead atoms. The zero-order valence-corrected chi connectivity index (χ0v) is 18.8. The topological polar surface area (TPSA) is 207 Å². The van der Waals surface area contributed by atoms with Crippen molar-refractivity contribution >= 4 is 45.4 Å². The summed E-state index contributed by atoms with van der Waals surface area (Å²) in [4.78, 5) is 51.9. The van der Waals surface area contributed by atoms with Gasteiger partial charge in [0.25, 0.3) is 11.3 Å². The van der Waals surface area contributed by atoms with Crippen LogP contribution >= 0.6 is 33.6 Å². The summed E-state index contributed by atoms with van der Waals surface area (Å²) in [6.45, 7) is 0.980. The lowest BCUT2D eigenvalue weighted by Gasteiger charge is -2.22. The number of aliphatic hydroxyl groups is 1. The Morgan fingerprint density at radius 3 is 2.55 bits per heavy atom. The molecule has 0 spiro atoms. The number of H-pyrrole nitrogens is 1. The highest BCUT2D eigenvalue weighted by atomic mass is 32.9. The largest absolute Gasteiger partial charge is 0.487 e. The van der Waals surface area contributed by atoms with Crippen LogP contribution < -0.4 is 11.2 Å². The normalized spacial score (nSPS) is 26.8. The predicted molar refractivity (Wildman–Crippen MR) is 104 cm³/mol. The first-order valence-corrected chi connectivity index (χ1v) is 14.3. The number of nitrogens with zero attached hydrogens (tertiary/aromatic N) is 1. The summed E-state index contributed by atoms with van der Waals surface area (Å²) < 4.78 is 41.8. The maximum absolute atomic E-state index is 11.9. The molecule has 5 atom stereocenters. The summed E-state index contributed by atoms with van der Waals surface area (Å²) in [6.07, 6.45) is -1.93. The first kappa shape index (κ1) is 25.1. The van der Waals surface area contributed by atoms with Gasteiger partial charge < -0.3 is 29.0 Å². The number of hydrogen-bond acceptors (Lipinski definition) is 10. The van der Waals surface area contributed by atoms with Gasteiger partial charge in [-0.3, -0.25) is 14.3 Å². The first-order chi connectivity index (χ1) is 13.1. The van der Waals surface area contributed by atoms with Gasteiger partial charge >= 0.3 is 21.3 Å². The Morgan fingerprint density at radius 2 is 1.97 bits per heavy atom. The molecule has 0 aliphatic carbocycles. The minimum Gasteiger partial charge on any atom is -0.390 e. The second kappa shape index (κ2) is 9.13. The van der Waals surface area contributed by atoms with Gasteiger partial charge in [0.05, 0.1) is 12.7 Å². The minimum absolute atomic E-state index is 0.0461. The fraction of sp³-hybridized carbons (Fsp3) is 0.600. The Kier molecular flexibility index (Phi) is 7.90. The van der Waals surface area contributed by atoms with Crippen LogP contribution in [0.3, 0.4) is 0 Å². The number of nitrogens with one attached hydrogen (secondary N) is 1. The number of aliphatic hydroxyl groups excluding tert-OH is 1. The molecule has 0 radical (unpaired) electrons. The van der Waals surface area contributed by atoms with Crippen molar-refractivity contribution in [2.75, 3.05) is 6.61 Å². The Labute approximate surface area is 173 Å². The van der Waals surface area contributed by atoms with Gasteiger partial charge in [-0.2, -0.15) is 4.31 Å². The predicted octanol–water partition coefficient (Wildman–Crippen LogP) is -0.109. The highest BCUT2D eigenvalue weighted by molar-refractivity contribution is 8.60. The monoisotopic (exact) mass is 514 g/mol. The molecule has 1 fully saturated rings. The fourth-order valence-electron chi connectivity index (χ4n) is 2.31. The zero-order valence-electron chi connectivity index (χ0n) is 14.4. The molecule has 166 valence electrons. The quantitative estimate of drug-likeness (QED) is 0.198. The van der Waals surface area contributed by atoms with Crippen LogP contribution in [-0.2, 0) is 38.8 Å². The van der Waals surface area contributed by atoms with E-state index in [2.05, 4.69) is 25.9 Å². The van der Waals surface area contributed by atoms with E-state index in [-0.39, 0.29) is 12.0 Å². The van der Waals surface area contributed by atoms with Crippen molar-refractivity contribution in [3.63, 3.8) is 0 Å². The average molecular weight is 514 g/mol. The summed E-state index contributed by atoms with van der Waals surface area (Å²) in [7, 11) is -10.6. The number of rotatable bonds is 8. The number of aromatic nitrogens is 2. The molecule has 19 heteroatoms. The number of aryl methyl sites for hydroxylation is 1. The minimum atomic E-state index is -5.36. The van der Waals surface area contributed by atoms with Crippen molar-refractivity contribution in [1.82, 2.24) is 9.55 Å². The van der Waals surface area contributed by atoms with Crippen LogP contribution in [0.2, 0.25) is 0 Å². The molecule has 0 amide bonds. The molecule has 0 saturated carbocycles. The molecule has 1 aliphatic rings. The molecule has 29 heavy (non-hydrogen) atoms. The van der Waals surface area contributed by atoms with Crippen molar-refractivity contribution in [1.29, 1.82) is 0 Å². The lowest BCUT2D eigenvalue weighted by atomic mass is 10.2. The Hall–Kier alpha value is -0.180. The third kappa shape index (κ3) is 7.47. The third-order valence-electron chi connectivity index (χ3n) is 3.48. The van der Waals surface area contributed by atoms with Gasteiger partial charge in [0.2, 0.25) is 0 Å². The van der Waals surface area contributed by atoms with Crippen LogP contribution in [0.1, 0.15) is 18.2 Å². The molecule has 1 saturated heterocycles. The fourth-order valence-corrected chi connectivity index (χ4v) is 7.31. The number of phosphoric acid groups is 2. The SMILES string of the molecule is Cc1cn([C@H]2CC(O)C(COP(=S)(S)OP(=O)(O)OP(=O)(O)O)O2)c(=O)[nH]c1=O. The molecule has 1 aromatic heterocycles.